The third-order valence-corrected chi connectivity index (χ3v) is 2.19. The van der Waals surface area contributed by atoms with Gasteiger partial charge in [0.2, 0.25) is 0 Å². The smallest absolute Gasteiger partial charge is 0.308 e. The van der Waals surface area contributed by atoms with Crippen LogP contribution in [0.15, 0.2) is 12.2 Å². The molecule has 0 bridgehead atoms. The second kappa shape index (κ2) is 7.84. The van der Waals surface area contributed by atoms with E-state index >= 15 is 0 Å². The van der Waals surface area contributed by atoms with Crippen LogP contribution in [0.3, 0.4) is 0 Å². The second-order valence-electron chi connectivity index (χ2n) is 3.13. The van der Waals surface area contributed by atoms with E-state index in [1.54, 1.807) is 0 Å². The highest BCUT2D eigenvalue weighted by Gasteiger charge is 2.15. The standard InChI is InChI=1S/C11H20O2/c1-4-6-7-8-9-10(5-2)11(12)13-3/h4,6,10H,5,7-9H2,1-3H3. The zero-order chi connectivity index (χ0) is 10.1. The highest BCUT2D eigenvalue weighted by molar-refractivity contribution is 5.72. The summed E-state index contributed by atoms with van der Waals surface area (Å²) in [6.07, 6.45) is 8.11. The van der Waals surface area contributed by atoms with Crippen LogP contribution in [0.1, 0.15) is 39.5 Å². The molecular weight excluding hydrogens is 164 g/mol. The van der Waals surface area contributed by atoms with Crippen LogP contribution in [0.25, 0.3) is 0 Å². The van der Waals surface area contributed by atoms with Crippen molar-refractivity contribution in [2.24, 2.45) is 5.92 Å². The van der Waals surface area contributed by atoms with Gasteiger partial charge >= 0.3 is 5.97 Å². The molecule has 0 aliphatic heterocycles. The Morgan fingerprint density at radius 1 is 1.54 bits per heavy atom. The summed E-state index contributed by atoms with van der Waals surface area (Å²) in [4.78, 5) is 11.2. The van der Waals surface area contributed by atoms with Gasteiger partial charge in [0.25, 0.3) is 0 Å². The molecule has 13 heavy (non-hydrogen) atoms. The summed E-state index contributed by atoms with van der Waals surface area (Å²) >= 11 is 0. The van der Waals surface area contributed by atoms with Crippen LogP contribution in [-0.2, 0) is 9.53 Å². The van der Waals surface area contributed by atoms with E-state index in [9.17, 15) is 4.79 Å². The van der Waals surface area contributed by atoms with E-state index in [0.717, 1.165) is 25.7 Å². The first kappa shape index (κ1) is 12.2. The molecule has 0 aliphatic carbocycles. The zero-order valence-electron chi connectivity index (χ0n) is 8.88. The van der Waals surface area contributed by atoms with Gasteiger partial charge < -0.3 is 4.74 Å². The van der Waals surface area contributed by atoms with Crippen LogP contribution < -0.4 is 0 Å². The van der Waals surface area contributed by atoms with Crippen molar-refractivity contribution in [1.82, 2.24) is 0 Å². The maximum Gasteiger partial charge on any atom is 0.308 e. The summed E-state index contributed by atoms with van der Waals surface area (Å²) < 4.78 is 4.70. The average Bonchev–Trinajstić information content (AvgIpc) is 2.17. The minimum absolute atomic E-state index is 0.0667. The van der Waals surface area contributed by atoms with Crippen molar-refractivity contribution >= 4 is 5.97 Å². The molecule has 1 atom stereocenters. The molecule has 76 valence electrons. The molecule has 0 amide bonds. The maximum atomic E-state index is 11.2. The van der Waals surface area contributed by atoms with Gasteiger partial charge in [-0.2, -0.15) is 0 Å². The van der Waals surface area contributed by atoms with Gasteiger partial charge in [0.05, 0.1) is 13.0 Å². The monoisotopic (exact) mass is 184 g/mol. The topological polar surface area (TPSA) is 26.3 Å². The molecule has 0 aromatic carbocycles. The summed E-state index contributed by atoms with van der Waals surface area (Å²) in [6, 6.07) is 0. The fourth-order valence-electron chi connectivity index (χ4n) is 1.30. The summed E-state index contributed by atoms with van der Waals surface area (Å²) in [6.45, 7) is 4.04. The molecule has 2 heteroatoms. The van der Waals surface area contributed by atoms with Gasteiger partial charge in [-0.05, 0) is 32.6 Å². The van der Waals surface area contributed by atoms with Crippen molar-refractivity contribution in [3.05, 3.63) is 12.2 Å². The number of rotatable bonds is 6. The Hall–Kier alpha value is -0.790. The first-order chi connectivity index (χ1) is 6.26. The van der Waals surface area contributed by atoms with Crippen LogP contribution >= 0.6 is 0 Å². The molecule has 0 N–H and O–H groups in total. The van der Waals surface area contributed by atoms with E-state index in [2.05, 4.69) is 6.08 Å². The quantitative estimate of drug-likeness (QED) is 0.360. The average molecular weight is 184 g/mol. The van der Waals surface area contributed by atoms with Crippen molar-refractivity contribution in [3.8, 4) is 0 Å². The molecule has 0 heterocycles. The first-order valence-corrected chi connectivity index (χ1v) is 4.95. The molecule has 0 spiro atoms. The number of ether oxygens (including phenoxy) is 1. The zero-order valence-corrected chi connectivity index (χ0v) is 8.88. The van der Waals surface area contributed by atoms with Gasteiger partial charge in [-0.25, -0.2) is 0 Å². The summed E-state index contributed by atoms with van der Waals surface area (Å²) in [5.74, 6) is 0.0261. The van der Waals surface area contributed by atoms with Gasteiger partial charge in [0.1, 0.15) is 0 Å². The largest absolute Gasteiger partial charge is 0.469 e. The van der Waals surface area contributed by atoms with Crippen LogP contribution in [0.4, 0.5) is 0 Å². The molecule has 0 aliphatic rings. The molecule has 2 nitrogen and oxygen atoms in total. The van der Waals surface area contributed by atoms with E-state index in [-0.39, 0.29) is 11.9 Å². The van der Waals surface area contributed by atoms with E-state index in [1.165, 1.54) is 7.11 Å². The number of carbonyl (C=O) groups excluding carboxylic acids is 1. The highest BCUT2D eigenvalue weighted by atomic mass is 16.5. The summed E-state index contributed by atoms with van der Waals surface area (Å²) in [5, 5.41) is 0. The number of hydrogen-bond acceptors (Lipinski definition) is 2. The Bertz CT molecular complexity index is 161. The van der Waals surface area contributed by atoms with Crippen molar-refractivity contribution in [2.45, 2.75) is 39.5 Å². The third-order valence-electron chi connectivity index (χ3n) is 2.19. The maximum absolute atomic E-state index is 11.2. The van der Waals surface area contributed by atoms with Gasteiger partial charge in [-0.15, -0.1) is 0 Å². The fraction of sp³-hybridized carbons (Fsp3) is 0.727. The minimum atomic E-state index is -0.0667. The minimum Gasteiger partial charge on any atom is -0.469 e. The van der Waals surface area contributed by atoms with E-state index in [0.29, 0.717) is 0 Å². The third kappa shape index (κ3) is 5.45. The Balaban J connectivity index is 3.65. The fourth-order valence-corrected chi connectivity index (χ4v) is 1.30. The molecule has 0 saturated heterocycles. The molecule has 0 radical (unpaired) electrons. The van der Waals surface area contributed by atoms with Crippen molar-refractivity contribution in [1.29, 1.82) is 0 Å². The number of unbranched alkanes of at least 4 members (excludes halogenated alkanes) is 1. The Morgan fingerprint density at radius 2 is 2.23 bits per heavy atom. The van der Waals surface area contributed by atoms with E-state index < -0.39 is 0 Å². The molecule has 0 aromatic rings. The van der Waals surface area contributed by atoms with Gasteiger partial charge in [-0.3, -0.25) is 4.79 Å². The van der Waals surface area contributed by atoms with Crippen molar-refractivity contribution < 1.29 is 9.53 Å². The second-order valence-corrected chi connectivity index (χ2v) is 3.13. The van der Waals surface area contributed by atoms with Crippen LogP contribution in [0, 0.1) is 5.92 Å². The van der Waals surface area contributed by atoms with Gasteiger partial charge in [0, 0.05) is 0 Å². The summed E-state index contributed by atoms with van der Waals surface area (Å²) in [7, 11) is 1.46. The predicted octanol–water partition coefficient (Wildman–Crippen LogP) is 2.93. The highest BCUT2D eigenvalue weighted by Crippen LogP contribution is 2.14. The van der Waals surface area contributed by atoms with Crippen LogP contribution in [0.5, 0.6) is 0 Å². The SMILES string of the molecule is CC=CCCCC(CC)C(=O)OC. The number of carbonyl (C=O) groups is 1. The molecule has 0 saturated carbocycles. The molecule has 1 unspecified atom stereocenters. The first-order valence-electron chi connectivity index (χ1n) is 4.95. The van der Waals surface area contributed by atoms with Gasteiger partial charge in [-0.1, -0.05) is 19.1 Å². The number of methoxy groups -OCH3 is 1. The van der Waals surface area contributed by atoms with Gasteiger partial charge in [0.15, 0.2) is 0 Å². The molecule has 0 fully saturated rings. The molecule has 0 rings (SSSR count). The molecule has 0 aromatic heterocycles. The lowest BCUT2D eigenvalue weighted by Crippen LogP contribution is -2.15. The number of allylic oxidation sites excluding steroid dienone is 2. The number of esters is 1. The van der Waals surface area contributed by atoms with E-state index in [1.807, 2.05) is 19.9 Å². The molecular formula is C11H20O2. The number of hydrogen-bond donors (Lipinski definition) is 0. The van der Waals surface area contributed by atoms with Crippen LogP contribution in [-0.4, -0.2) is 13.1 Å². The predicted molar refractivity (Wildman–Crippen MR) is 54.5 cm³/mol. The van der Waals surface area contributed by atoms with E-state index in [4.69, 9.17) is 4.74 Å². The van der Waals surface area contributed by atoms with Crippen molar-refractivity contribution in [3.63, 3.8) is 0 Å². The lowest BCUT2D eigenvalue weighted by atomic mass is 9.99. The lowest BCUT2D eigenvalue weighted by molar-refractivity contribution is -0.145. The normalized spacial score (nSPS) is 13.2. The lowest BCUT2D eigenvalue weighted by Gasteiger charge is -2.10. The van der Waals surface area contributed by atoms with Crippen molar-refractivity contribution in [2.75, 3.05) is 7.11 Å². The Kier molecular flexibility index (Phi) is 7.36. The Labute approximate surface area is 81.0 Å². The Morgan fingerprint density at radius 3 is 2.69 bits per heavy atom. The van der Waals surface area contributed by atoms with Crippen LogP contribution in [0.2, 0.25) is 0 Å². The summed E-state index contributed by atoms with van der Waals surface area (Å²) in [5.41, 5.74) is 0.